The van der Waals surface area contributed by atoms with Gasteiger partial charge < -0.3 is 5.11 Å². The van der Waals surface area contributed by atoms with Crippen molar-refractivity contribution in [1.29, 1.82) is 5.26 Å². The van der Waals surface area contributed by atoms with Gasteiger partial charge in [-0.3, -0.25) is 4.79 Å². The van der Waals surface area contributed by atoms with Crippen molar-refractivity contribution in [2.24, 2.45) is 0 Å². The number of aliphatic carboxylic acids is 1. The third-order valence-corrected chi connectivity index (χ3v) is 5.06. The minimum Gasteiger partial charge on any atom is -0.480 e. The predicted molar refractivity (Wildman–Crippen MR) is 65.7 cm³/mol. The molecule has 0 unspecified atom stereocenters. The molecule has 1 aromatic rings. The highest BCUT2D eigenvalue weighted by molar-refractivity contribution is 7.89. The predicted octanol–water partition coefficient (Wildman–Crippen LogP) is 0.935. The van der Waals surface area contributed by atoms with Gasteiger partial charge in [-0.05, 0) is 31.0 Å². The molecule has 0 aromatic heterocycles. The molecule has 8 heteroatoms. The Bertz CT molecular complexity index is 696. The van der Waals surface area contributed by atoms with Crippen molar-refractivity contribution < 1.29 is 22.7 Å². The molecule has 1 aromatic carbocycles. The van der Waals surface area contributed by atoms with Gasteiger partial charge >= 0.3 is 5.97 Å². The highest BCUT2D eigenvalue weighted by Gasteiger charge is 2.39. The van der Waals surface area contributed by atoms with Crippen LogP contribution in [0.3, 0.4) is 0 Å². The molecule has 6 nitrogen and oxygen atoms in total. The molecule has 2 rings (SSSR count). The SMILES string of the molecule is N#Cc1ccc(S(=O)(=O)N2CCC[C@@H]2C(=O)O)cc1F. The van der Waals surface area contributed by atoms with E-state index in [-0.39, 0.29) is 23.4 Å². The van der Waals surface area contributed by atoms with Crippen molar-refractivity contribution in [3.8, 4) is 6.07 Å². The molecular formula is C12H11FN2O4S. The van der Waals surface area contributed by atoms with Crippen LogP contribution < -0.4 is 0 Å². The molecule has 0 amide bonds. The number of benzene rings is 1. The van der Waals surface area contributed by atoms with Gasteiger partial charge in [0.05, 0.1) is 10.5 Å². The number of carboxylic acids is 1. The molecule has 1 atom stereocenters. The largest absolute Gasteiger partial charge is 0.480 e. The standard InChI is InChI=1S/C12H11FN2O4S/c13-10-6-9(4-3-8(10)7-14)20(18,19)15-5-1-2-11(15)12(16)17/h3-4,6,11H,1-2,5H2,(H,16,17)/t11-/m1/s1. The molecular weight excluding hydrogens is 287 g/mol. The first-order chi connectivity index (χ1) is 9.37. The second kappa shape index (κ2) is 5.19. The van der Waals surface area contributed by atoms with Gasteiger partial charge in [0.25, 0.3) is 0 Å². The summed E-state index contributed by atoms with van der Waals surface area (Å²) in [6, 6.07) is 3.38. The number of sulfonamides is 1. The highest BCUT2D eigenvalue weighted by Crippen LogP contribution is 2.27. The molecule has 0 spiro atoms. The minimum absolute atomic E-state index is 0.0842. The van der Waals surface area contributed by atoms with Crippen LogP contribution in [-0.4, -0.2) is 36.4 Å². The molecule has 0 radical (unpaired) electrons. The zero-order chi connectivity index (χ0) is 14.9. The Morgan fingerprint density at radius 3 is 2.75 bits per heavy atom. The number of rotatable bonds is 3. The van der Waals surface area contributed by atoms with Gasteiger partial charge in [-0.15, -0.1) is 0 Å². The highest BCUT2D eigenvalue weighted by atomic mass is 32.2. The number of nitriles is 1. The Labute approximate surface area is 115 Å². The second-order valence-corrected chi connectivity index (χ2v) is 6.26. The van der Waals surface area contributed by atoms with E-state index in [9.17, 15) is 17.6 Å². The molecule has 20 heavy (non-hydrogen) atoms. The molecule has 1 N–H and O–H groups in total. The molecule has 1 aliphatic heterocycles. The Hall–Kier alpha value is -1.98. The van der Waals surface area contributed by atoms with Crippen LogP contribution in [0.2, 0.25) is 0 Å². The number of hydrogen-bond donors (Lipinski definition) is 1. The van der Waals surface area contributed by atoms with Gasteiger partial charge in [0.2, 0.25) is 10.0 Å². The summed E-state index contributed by atoms with van der Waals surface area (Å²) in [5.41, 5.74) is -0.264. The first-order valence-electron chi connectivity index (χ1n) is 5.82. The fourth-order valence-electron chi connectivity index (χ4n) is 2.16. The Balaban J connectivity index is 2.43. The van der Waals surface area contributed by atoms with Crippen molar-refractivity contribution in [3.63, 3.8) is 0 Å². The molecule has 1 saturated heterocycles. The van der Waals surface area contributed by atoms with Gasteiger partial charge in [-0.2, -0.15) is 9.57 Å². The first-order valence-corrected chi connectivity index (χ1v) is 7.26. The number of halogens is 1. The third kappa shape index (κ3) is 2.37. The molecule has 1 aliphatic rings. The zero-order valence-electron chi connectivity index (χ0n) is 10.3. The van der Waals surface area contributed by atoms with E-state index in [0.717, 1.165) is 22.5 Å². The topological polar surface area (TPSA) is 98.5 Å². The average Bonchev–Trinajstić information content (AvgIpc) is 2.88. The zero-order valence-corrected chi connectivity index (χ0v) is 11.1. The normalized spacial score (nSPS) is 19.7. The lowest BCUT2D eigenvalue weighted by Gasteiger charge is -2.20. The first kappa shape index (κ1) is 14.4. The maximum Gasteiger partial charge on any atom is 0.322 e. The lowest BCUT2D eigenvalue weighted by atomic mass is 10.2. The van der Waals surface area contributed by atoms with Crippen LogP contribution in [0, 0.1) is 17.1 Å². The summed E-state index contributed by atoms with van der Waals surface area (Å²) in [4.78, 5) is 10.7. The molecule has 1 heterocycles. The summed E-state index contributed by atoms with van der Waals surface area (Å²) in [7, 11) is -4.08. The van der Waals surface area contributed by atoms with Crippen LogP contribution in [0.1, 0.15) is 18.4 Å². The maximum absolute atomic E-state index is 13.5. The summed E-state index contributed by atoms with van der Waals surface area (Å²) in [5, 5.41) is 17.6. The number of nitrogens with zero attached hydrogens (tertiary/aromatic N) is 2. The van der Waals surface area contributed by atoms with Crippen LogP contribution in [-0.2, 0) is 14.8 Å². The van der Waals surface area contributed by atoms with E-state index in [1.807, 2.05) is 0 Å². The summed E-state index contributed by atoms with van der Waals surface area (Å²) in [6.45, 7) is 0.0842. The van der Waals surface area contributed by atoms with Crippen molar-refractivity contribution in [1.82, 2.24) is 4.31 Å². The van der Waals surface area contributed by atoms with Gasteiger partial charge in [0.1, 0.15) is 17.9 Å². The summed E-state index contributed by atoms with van der Waals surface area (Å²) >= 11 is 0. The van der Waals surface area contributed by atoms with Gasteiger partial charge in [0, 0.05) is 6.54 Å². The number of carboxylic acid groups (broad SMARTS) is 1. The van der Waals surface area contributed by atoms with Gasteiger partial charge in [0.15, 0.2) is 0 Å². The Morgan fingerprint density at radius 2 is 2.20 bits per heavy atom. The van der Waals surface area contributed by atoms with Gasteiger partial charge in [-0.1, -0.05) is 0 Å². The van der Waals surface area contributed by atoms with Crippen LogP contribution >= 0.6 is 0 Å². The molecule has 0 aliphatic carbocycles. The molecule has 0 bridgehead atoms. The van der Waals surface area contributed by atoms with E-state index in [4.69, 9.17) is 10.4 Å². The van der Waals surface area contributed by atoms with Crippen LogP contribution in [0.25, 0.3) is 0 Å². The third-order valence-electron chi connectivity index (χ3n) is 3.16. The fourth-order valence-corrected chi connectivity index (χ4v) is 3.82. The van der Waals surface area contributed by atoms with Gasteiger partial charge in [-0.25, -0.2) is 12.8 Å². The Morgan fingerprint density at radius 1 is 1.50 bits per heavy atom. The molecule has 1 fully saturated rings. The smallest absolute Gasteiger partial charge is 0.322 e. The van der Waals surface area contributed by atoms with Crippen molar-refractivity contribution in [2.75, 3.05) is 6.54 Å². The molecule has 106 valence electrons. The van der Waals surface area contributed by atoms with E-state index in [2.05, 4.69) is 0 Å². The fraction of sp³-hybridized carbons (Fsp3) is 0.333. The maximum atomic E-state index is 13.5. The average molecular weight is 298 g/mol. The lowest BCUT2D eigenvalue weighted by molar-refractivity contribution is -0.140. The quantitative estimate of drug-likeness (QED) is 0.895. The Kier molecular flexibility index (Phi) is 3.74. The number of carbonyl (C=O) groups is 1. The van der Waals surface area contributed by atoms with Crippen molar-refractivity contribution in [2.45, 2.75) is 23.8 Å². The van der Waals surface area contributed by atoms with E-state index in [1.165, 1.54) is 0 Å². The van der Waals surface area contributed by atoms with E-state index in [1.54, 1.807) is 6.07 Å². The van der Waals surface area contributed by atoms with Crippen LogP contribution in [0.15, 0.2) is 23.1 Å². The lowest BCUT2D eigenvalue weighted by Crippen LogP contribution is -2.40. The minimum atomic E-state index is -4.08. The second-order valence-electron chi connectivity index (χ2n) is 4.37. The van der Waals surface area contributed by atoms with Crippen LogP contribution in [0.5, 0.6) is 0 Å². The van der Waals surface area contributed by atoms with Crippen molar-refractivity contribution >= 4 is 16.0 Å². The summed E-state index contributed by atoms with van der Waals surface area (Å²) in [6.07, 6.45) is 0.669. The summed E-state index contributed by atoms with van der Waals surface area (Å²) in [5.74, 6) is -2.17. The van der Waals surface area contributed by atoms with Crippen molar-refractivity contribution in [3.05, 3.63) is 29.6 Å². The van der Waals surface area contributed by atoms with E-state index >= 15 is 0 Å². The monoisotopic (exact) mass is 298 g/mol. The summed E-state index contributed by atoms with van der Waals surface area (Å²) < 4.78 is 39.0. The van der Waals surface area contributed by atoms with Crippen LogP contribution in [0.4, 0.5) is 4.39 Å². The molecule has 0 saturated carbocycles. The van der Waals surface area contributed by atoms with E-state index < -0.39 is 27.9 Å². The van der Waals surface area contributed by atoms with E-state index in [0.29, 0.717) is 6.42 Å². The number of hydrogen-bond acceptors (Lipinski definition) is 4.